The Labute approximate surface area is 271 Å². The SMILES string of the molecule is Cc1nnc2c(c1C)-c1c(c3c(c4c1=c1c(-c5nnnc(-c6ccccc6)c5-c5ccccc5)cccc1=C4)-c1ccccc1C=3)C2. The largest absolute Gasteiger partial charge is 0.155 e. The summed E-state index contributed by atoms with van der Waals surface area (Å²) in [5.74, 6) is 0. The van der Waals surface area contributed by atoms with Crippen molar-refractivity contribution in [2.75, 3.05) is 0 Å². The molecule has 0 bridgehead atoms. The first-order valence-corrected chi connectivity index (χ1v) is 16.0. The van der Waals surface area contributed by atoms with E-state index in [0.717, 1.165) is 51.5 Å². The Kier molecular flexibility index (Phi) is 5.41. The molecular formula is C42H27N5. The van der Waals surface area contributed by atoms with Crippen LogP contribution in [-0.2, 0) is 6.42 Å². The molecule has 0 atom stereocenters. The van der Waals surface area contributed by atoms with Gasteiger partial charge in [0.15, 0.2) is 0 Å². The van der Waals surface area contributed by atoms with Crippen LogP contribution in [0, 0.1) is 24.3 Å². The zero-order valence-electron chi connectivity index (χ0n) is 25.9. The lowest BCUT2D eigenvalue weighted by Crippen LogP contribution is -2.12. The third-order valence-electron chi connectivity index (χ3n) is 10.1. The summed E-state index contributed by atoms with van der Waals surface area (Å²) in [6.07, 6.45) is 5.52. The highest BCUT2D eigenvalue weighted by Gasteiger charge is 2.32. The Bertz CT molecular complexity index is 2720. The van der Waals surface area contributed by atoms with Gasteiger partial charge in [0.25, 0.3) is 0 Å². The topological polar surface area (TPSA) is 64.5 Å². The van der Waals surface area contributed by atoms with Gasteiger partial charge in [-0.15, -0.1) is 10.2 Å². The van der Waals surface area contributed by atoms with Crippen molar-refractivity contribution in [3.8, 4) is 55.9 Å². The predicted octanol–water partition coefficient (Wildman–Crippen LogP) is 7.09. The molecule has 0 amide bonds. The average Bonchev–Trinajstić information content (AvgIpc) is 3.82. The summed E-state index contributed by atoms with van der Waals surface area (Å²) >= 11 is 0. The number of rotatable bonds is 3. The van der Waals surface area contributed by atoms with Gasteiger partial charge >= 0.3 is 0 Å². The fraction of sp³-hybridized carbons (Fsp3) is 0.0714. The zero-order chi connectivity index (χ0) is 31.2. The lowest BCUT2D eigenvalue weighted by molar-refractivity contribution is 0.878. The van der Waals surface area contributed by atoms with Crippen LogP contribution < -0.4 is 10.4 Å². The number of fused-ring (bicyclic) bond motifs is 11. The van der Waals surface area contributed by atoms with E-state index in [9.17, 15) is 0 Å². The maximum Gasteiger partial charge on any atom is 0.105 e. The zero-order valence-corrected chi connectivity index (χ0v) is 25.9. The summed E-state index contributed by atoms with van der Waals surface area (Å²) in [7, 11) is 0. The van der Waals surface area contributed by atoms with E-state index in [4.69, 9.17) is 10.2 Å². The van der Waals surface area contributed by atoms with Crippen LogP contribution >= 0.6 is 0 Å². The second kappa shape index (κ2) is 9.71. The van der Waals surface area contributed by atoms with E-state index in [-0.39, 0.29) is 0 Å². The van der Waals surface area contributed by atoms with Crippen molar-refractivity contribution >= 4 is 12.2 Å². The van der Waals surface area contributed by atoms with E-state index in [0.29, 0.717) is 0 Å². The van der Waals surface area contributed by atoms with Crippen molar-refractivity contribution < 1.29 is 0 Å². The fourth-order valence-corrected chi connectivity index (χ4v) is 7.95. The van der Waals surface area contributed by atoms with Crippen molar-refractivity contribution in [1.82, 2.24) is 25.6 Å². The van der Waals surface area contributed by atoms with Crippen molar-refractivity contribution in [2.24, 2.45) is 0 Å². The van der Waals surface area contributed by atoms with Crippen LogP contribution in [0.2, 0.25) is 0 Å². The minimum atomic E-state index is 0.763. The van der Waals surface area contributed by atoms with Gasteiger partial charge in [0.05, 0.1) is 11.4 Å². The molecule has 47 heavy (non-hydrogen) atoms. The molecule has 5 nitrogen and oxygen atoms in total. The van der Waals surface area contributed by atoms with E-state index in [2.05, 4.69) is 120 Å². The second-order valence-corrected chi connectivity index (χ2v) is 12.6. The highest BCUT2D eigenvalue weighted by molar-refractivity contribution is 5.96. The molecule has 2 heterocycles. The Hall–Kier alpha value is -6.07. The molecule has 0 N–H and O–H groups in total. The van der Waals surface area contributed by atoms with Gasteiger partial charge in [-0.3, -0.25) is 0 Å². The van der Waals surface area contributed by atoms with Crippen LogP contribution in [0.3, 0.4) is 0 Å². The first kappa shape index (κ1) is 26.2. The van der Waals surface area contributed by atoms with Crippen LogP contribution in [0.5, 0.6) is 0 Å². The van der Waals surface area contributed by atoms with Gasteiger partial charge in [-0.2, -0.15) is 10.2 Å². The lowest BCUT2D eigenvalue weighted by atomic mass is 9.89. The Morgan fingerprint density at radius 3 is 2.09 bits per heavy atom. The average molecular weight is 602 g/mol. The molecule has 0 fully saturated rings. The first-order chi connectivity index (χ1) is 23.2. The summed E-state index contributed by atoms with van der Waals surface area (Å²) < 4.78 is 0. The first-order valence-electron chi connectivity index (χ1n) is 16.0. The van der Waals surface area contributed by atoms with Gasteiger partial charge in [-0.1, -0.05) is 103 Å². The lowest BCUT2D eigenvalue weighted by Gasteiger charge is -2.15. The highest BCUT2D eigenvalue weighted by Crippen LogP contribution is 2.45. The van der Waals surface area contributed by atoms with E-state index in [1.807, 2.05) is 24.3 Å². The van der Waals surface area contributed by atoms with Gasteiger partial charge in [0.2, 0.25) is 0 Å². The minimum absolute atomic E-state index is 0.763. The molecule has 220 valence electrons. The Morgan fingerprint density at radius 2 is 1.26 bits per heavy atom. The summed E-state index contributed by atoms with van der Waals surface area (Å²) in [4.78, 5) is 0. The molecule has 2 aromatic heterocycles. The maximum absolute atomic E-state index is 4.84. The number of hydrogen-bond acceptors (Lipinski definition) is 5. The van der Waals surface area contributed by atoms with Crippen LogP contribution in [0.15, 0.2) is 103 Å². The van der Waals surface area contributed by atoms with E-state index < -0.39 is 0 Å². The third kappa shape index (κ3) is 3.62. The molecule has 0 saturated heterocycles. The highest BCUT2D eigenvalue weighted by atomic mass is 15.3. The van der Waals surface area contributed by atoms with Gasteiger partial charge in [0, 0.05) is 28.7 Å². The van der Waals surface area contributed by atoms with Gasteiger partial charge < -0.3 is 0 Å². The summed E-state index contributed by atoms with van der Waals surface area (Å²) in [6, 6.07) is 36.1. The molecule has 0 spiro atoms. The van der Waals surface area contributed by atoms with Gasteiger partial charge in [0.1, 0.15) is 11.4 Å². The molecule has 3 aliphatic rings. The van der Waals surface area contributed by atoms with Crippen LogP contribution in [0.1, 0.15) is 33.6 Å². The number of hydrogen-bond donors (Lipinski definition) is 0. The van der Waals surface area contributed by atoms with E-state index >= 15 is 0 Å². The standard InChI is InChI=1S/C42H27N5/c1-23-24(2)43-44-34-22-32-31-20-27-16-9-10-18-29(27)38(31)33-21-28-17-11-19-30(36(28)40(33)39(32)35(23)34)42-37(25-12-5-3-6-13-25)41(45-47-46-42)26-14-7-4-8-15-26/h3-21H,22H2,1-2H3. The molecule has 0 unspecified atom stereocenters. The molecule has 5 aromatic carbocycles. The Balaban J connectivity index is 1.41. The molecular weight excluding hydrogens is 574 g/mol. The number of nitrogens with zero attached hydrogens (tertiary/aromatic N) is 5. The monoisotopic (exact) mass is 601 g/mol. The quantitative estimate of drug-likeness (QED) is 0.216. The van der Waals surface area contributed by atoms with Crippen LogP contribution in [0.25, 0.3) is 68.0 Å². The molecule has 0 radical (unpaired) electrons. The molecule has 10 rings (SSSR count). The number of benzene rings is 5. The number of aromatic nitrogens is 5. The number of aryl methyl sites for hydroxylation is 1. The fourth-order valence-electron chi connectivity index (χ4n) is 7.95. The summed E-state index contributed by atoms with van der Waals surface area (Å²) in [5, 5.41) is 28.1. The summed E-state index contributed by atoms with van der Waals surface area (Å²) in [6.45, 7) is 4.25. The van der Waals surface area contributed by atoms with Gasteiger partial charge in [-0.25, -0.2) is 0 Å². The smallest absolute Gasteiger partial charge is 0.105 e. The molecule has 0 saturated carbocycles. The van der Waals surface area contributed by atoms with Crippen molar-refractivity contribution in [3.05, 3.63) is 158 Å². The normalized spacial score (nSPS) is 12.7. The van der Waals surface area contributed by atoms with Crippen LogP contribution in [-0.4, -0.2) is 25.6 Å². The van der Waals surface area contributed by atoms with E-state index in [1.165, 1.54) is 65.4 Å². The molecule has 5 heteroatoms. The van der Waals surface area contributed by atoms with Gasteiger partial charge in [-0.05, 0) is 96.6 Å². The Morgan fingerprint density at radius 1 is 0.532 bits per heavy atom. The predicted molar refractivity (Wildman–Crippen MR) is 185 cm³/mol. The third-order valence-corrected chi connectivity index (χ3v) is 10.1. The summed E-state index contributed by atoms with van der Waals surface area (Å²) in [5.41, 5.74) is 17.9. The van der Waals surface area contributed by atoms with Crippen molar-refractivity contribution in [1.29, 1.82) is 0 Å². The van der Waals surface area contributed by atoms with E-state index in [1.54, 1.807) is 0 Å². The maximum atomic E-state index is 4.84. The minimum Gasteiger partial charge on any atom is -0.155 e. The molecule has 7 aromatic rings. The molecule has 3 aliphatic carbocycles. The van der Waals surface area contributed by atoms with Crippen LogP contribution in [0.4, 0.5) is 0 Å². The second-order valence-electron chi connectivity index (χ2n) is 12.6. The van der Waals surface area contributed by atoms with Crippen molar-refractivity contribution in [2.45, 2.75) is 20.3 Å². The molecule has 0 aliphatic heterocycles. The van der Waals surface area contributed by atoms with Crippen molar-refractivity contribution in [3.63, 3.8) is 0 Å².